The van der Waals surface area contributed by atoms with Crippen molar-refractivity contribution in [2.24, 2.45) is 10.9 Å². The first-order valence-corrected chi connectivity index (χ1v) is 9.67. The highest BCUT2D eigenvalue weighted by atomic mass is 19.1. The molecule has 0 bridgehead atoms. The zero-order valence-corrected chi connectivity index (χ0v) is 17.0. The molecule has 3 aromatic rings. The Morgan fingerprint density at radius 2 is 2.11 bits per heavy atom. The minimum atomic E-state index is -0.224. The summed E-state index contributed by atoms with van der Waals surface area (Å²) in [4.78, 5) is 7.42. The van der Waals surface area contributed by atoms with Crippen molar-refractivity contribution in [2.45, 2.75) is 33.7 Å². The summed E-state index contributed by atoms with van der Waals surface area (Å²) >= 11 is 0. The van der Waals surface area contributed by atoms with E-state index in [9.17, 15) is 4.39 Å². The zero-order valence-electron chi connectivity index (χ0n) is 17.0. The normalized spacial score (nSPS) is 13.1. The first-order chi connectivity index (χ1) is 13.5. The minimum absolute atomic E-state index is 0.224. The predicted molar refractivity (Wildman–Crippen MR) is 112 cm³/mol. The molecule has 2 heterocycles. The van der Waals surface area contributed by atoms with Crippen molar-refractivity contribution in [3.63, 3.8) is 0 Å². The molecule has 0 spiro atoms. The number of nitrogens with zero attached hydrogens (tertiary/aromatic N) is 3. The molecule has 1 aromatic carbocycles. The second-order valence-electron chi connectivity index (χ2n) is 7.35. The molecule has 6 nitrogen and oxygen atoms in total. The van der Waals surface area contributed by atoms with Crippen LogP contribution < -0.4 is 10.6 Å². The summed E-state index contributed by atoms with van der Waals surface area (Å²) in [7, 11) is 1.77. The minimum Gasteiger partial charge on any atom is -0.361 e. The van der Waals surface area contributed by atoms with Crippen LogP contribution in [0.3, 0.4) is 0 Å². The number of benzene rings is 1. The maximum absolute atomic E-state index is 13.3. The summed E-state index contributed by atoms with van der Waals surface area (Å²) < 4.78 is 15.4. The van der Waals surface area contributed by atoms with E-state index in [4.69, 9.17) is 0 Å². The first kappa shape index (κ1) is 19.9. The molecule has 0 saturated heterocycles. The Morgan fingerprint density at radius 3 is 2.82 bits per heavy atom. The van der Waals surface area contributed by atoms with Crippen LogP contribution in [-0.4, -0.2) is 40.9 Å². The summed E-state index contributed by atoms with van der Waals surface area (Å²) in [6.45, 7) is 8.72. The molecule has 150 valence electrons. The molecule has 7 heteroatoms. The topological polar surface area (TPSA) is 70.0 Å². The molecule has 3 rings (SSSR count). The number of aromatic amines is 1. The van der Waals surface area contributed by atoms with Crippen LogP contribution >= 0.6 is 0 Å². The lowest BCUT2D eigenvalue weighted by Crippen LogP contribution is -2.40. The average Bonchev–Trinajstić information content (AvgIpc) is 3.19. The lowest BCUT2D eigenvalue weighted by atomic mass is 10.1. The van der Waals surface area contributed by atoms with Crippen molar-refractivity contribution in [3.05, 3.63) is 53.2 Å². The number of guanidine groups is 1. The molecular formula is C21H29FN6. The fourth-order valence-electron chi connectivity index (χ4n) is 3.39. The van der Waals surface area contributed by atoms with Crippen LogP contribution in [0.15, 0.2) is 35.5 Å². The van der Waals surface area contributed by atoms with Crippen LogP contribution in [0.5, 0.6) is 0 Å². The van der Waals surface area contributed by atoms with Crippen LogP contribution in [0.1, 0.15) is 23.9 Å². The summed E-state index contributed by atoms with van der Waals surface area (Å²) in [5, 5.41) is 12.3. The van der Waals surface area contributed by atoms with E-state index in [1.165, 1.54) is 17.8 Å². The predicted octanol–water partition coefficient (Wildman–Crippen LogP) is 3.16. The second-order valence-corrected chi connectivity index (χ2v) is 7.35. The lowest BCUT2D eigenvalue weighted by Gasteiger charge is -2.17. The molecule has 0 aliphatic rings. The smallest absolute Gasteiger partial charge is 0.190 e. The van der Waals surface area contributed by atoms with Gasteiger partial charge in [0.1, 0.15) is 5.82 Å². The number of nitrogens with one attached hydrogen (secondary N) is 3. The zero-order chi connectivity index (χ0) is 20.1. The second kappa shape index (κ2) is 8.91. The molecule has 0 aliphatic heterocycles. The van der Waals surface area contributed by atoms with Crippen LogP contribution in [0, 0.1) is 25.6 Å². The van der Waals surface area contributed by atoms with Gasteiger partial charge in [-0.15, -0.1) is 0 Å². The number of H-pyrrole nitrogens is 1. The van der Waals surface area contributed by atoms with E-state index in [-0.39, 0.29) is 5.82 Å². The molecule has 3 N–H and O–H groups in total. The van der Waals surface area contributed by atoms with Gasteiger partial charge < -0.3 is 15.6 Å². The third-order valence-corrected chi connectivity index (χ3v) is 4.85. The summed E-state index contributed by atoms with van der Waals surface area (Å²) in [5.74, 6) is 0.976. The molecule has 0 saturated carbocycles. The fraction of sp³-hybridized carbons (Fsp3) is 0.429. The molecule has 0 radical (unpaired) electrons. The number of fused-ring (bicyclic) bond motifs is 1. The van der Waals surface area contributed by atoms with Crippen LogP contribution in [0.2, 0.25) is 0 Å². The number of hydrogen-bond acceptors (Lipinski definition) is 2. The summed E-state index contributed by atoms with van der Waals surface area (Å²) in [5.41, 5.74) is 4.23. The Balaban J connectivity index is 1.46. The van der Waals surface area contributed by atoms with Crippen LogP contribution in [0.4, 0.5) is 4.39 Å². The van der Waals surface area contributed by atoms with Crippen molar-refractivity contribution >= 4 is 16.9 Å². The van der Waals surface area contributed by atoms with Gasteiger partial charge >= 0.3 is 0 Å². The number of aliphatic imine (C=N–C) groups is 1. The third-order valence-electron chi connectivity index (χ3n) is 4.85. The highest BCUT2D eigenvalue weighted by Gasteiger charge is 2.09. The number of hydrogen-bond donors (Lipinski definition) is 3. The largest absolute Gasteiger partial charge is 0.361 e. The Kier molecular flexibility index (Phi) is 6.34. The summed E-state index contributed by atoms with van der Waals surface area (Å²) in [6, 6.07) is 6.94. The average molecular weight is 385 g/mol. The Bertz CT molecular complexity index is 955. The Hall–Kier alpha value is -2.83. The van der Waals surface area contributed by atoms with Gasteiger partial charge in [-0.1, -0.05) is 6.92 Å². The van der Waals surface area contributed by atoms with Gasteiger partial charge in [-0.2, -0.15) is 5.10 Å². The molecular weight excluding hydrogens is 355 g/mol. The van der Waals surface area contributed by atoms with Crippen LogP contribution in [0.25, 0.3) is 10.9 Å². The molecule has 0 fully saturated rings. The van der Waals surface area contributed by atoms with E-state index in [0.717, 1.165) is 54.2 Å². The monoisotopic (exact) mass is 384 g/mol. The van der Waals surface area contributed by atoms with Crippen molar-refractivity contribution in [3.8, 4) is 0 Å². The number of halogens is 1. The summed E-state index contributed by atoms with van der Waals surface area (Å²) in [6.07, 6.45) is 2.77. The fourth-order valence-corrected chi connectivity index (χ4v) is 3.39. The first-order valence-electron chi connectivity index (χ1n) is 9.67. The molecule has 1 unspecified atom stereocenters. The van der Waals surface area contributed by atoms with Crippen molar-refractivity contribution in [1.82, 2.24) is 25.4 Å². The van der Waals surface area contributed by atoms with E-state index in [0.29, 0.717) is 5.92 Å². The standard InChI is InChI=1S/C21H29FN6/c1-14(13-28-16(3)9-15(2)27-28)11-26-21(23-4)24-8-7-17-12-25-20-10-18(22)5-6-19(17)20/h5-6,9-10,12,14,25H,7-8,11,13H2,1-4H3,(H2,23,24,26). The maximum atomic E-state index is 13.3. The van der Waals surface area contributed by atoms with Gasteiger partial charge in [-0.25, -0.2) is 4.39 Å². The molecule has 0 aliphatic carbocycles. The van der Waals surface area contributed by atoms with Crippen LogP contribution in [-0.2, 0) is 13.0 Å². The Morgan fingerprint density at radius 1 is 1.29 bits per heavy atom. The van der Waals surface area contributed by atoms with Gasteiger partial charge in [0.05, 0.1) is 5.69 Å². The molecule has 28 heavy (non-hydrogen) atoms. The van der Waals surface area contributed by atoms with E-state index in [1.54, 1.807) is 7.05 Å². The number of aromatic nitrogens is 3. The van der Waals surface area contributed by atoms with Gasteiger partial charge in [0.2, 0.25) is 0 Å². The SMILES string of the molecule is CN=C(NCCc1c[nH]c2cc(F)ccc12)NCC(C)Cn1nc(C)cc1C. The number of aryl methyl sites for hydroxylation is 2. The molecule has 2 aromatic heterocycles. The van der Waals surface area contributed by atoms with Crippen molar-refractivity contribution in [1.29, 1.82) is 0 Å². The van der Waals surface area contributed by atoms with Gasteiger partial charge in [-0.05, 0) is 56.0 Å². The van der Waals surface area contributed by atoms with Gasteiger partial charge in [0, 0.05) is 49.5 Å². The van der Waals surface area contributed by atoms with Gasteiger partial charge in [0.25, 0.3) is 0 Å². The highest BCUT2D eigenvalue weighted by molar-refractivity contribution is 5.83. The van der Waals surface area contributed by atoms with E-state index >= 15 is 0 Å². The van der Waals surface area contributed by atoms with E-state index < -0.39 is 0 Å². The van der Waals surface area contributed by atoms with Crippen molar-refractivity contribution in [2.75, 3.05) is 20.1 Å². The van der Waals surface area contributed by atoms with Crippen molar-refractivity contribution < 1.29 is 4.39 Å². The highest BCUT2D eigenvalue weighted by Crippen LogP contribution is 2.19. The third kappa shape index (κ3) is 4.91. The molecule has 0 amide bonds. The quantitative estimate of drug-likeness (QED) is 0.433. The van der Waals surface area contributed by atoms with E-state index in [2.05, 4.69) is 50.3 Å². The lowest BCUT2D eigenvalue weighted by molar-refractivity contribution is 0.436. The Labute approximate surface area is 165 Å². The maximum Gasteiger partial charge on any atom is 0.190 e. The van der Waals surface area contributed by atoms with Gasteiger partial charge in [0.15, 0.2) is 5.96 Å². The van der Waals surface area contributed by atoms with Gasteiger partial charge in [-0.3, -0.25) is 9.67 Å². The number of rotatable bonds is 7. The molecule has 1 atom stereocenters. The van der Waals surface area contributed by atoms with E-state index in [1.807, 2.05) is 19.2 Å².